The normalized spacial score (nSPS) is 10.3. The zero-order chi connectivity index (χ0) is 14.9. The van der Waals surface area contributed by atoms with Crippen molar-refractivity contribution in [3.8, 4) is 5.75 Å². The van der Waals surface area contributed by atoms with Crippen LogP contribution in [0.3, 0.4) is 0 Å². The number of anilines is 1. The van der Waals surface area contributed by atoms with Crippen LogP contribution < -0.4 is 5.32 Å². The van der Waals surface area contributed by atoms with Crippen LogP contribution in [0.15, 0.2) is 24.4 Å². The van der Waals surface area contributed by atoms with Crippen LogP contribution >= 0.6 is 0 Å². The van der Waals surface area contributed by atoms with E-state index in [4.69, 9.17) is 5.11 Å². The van der Waals surface area contributed by atoms with Gasteiger partial charge in [0.25, 0.3) is 5.91 Å². The van der Waals surface area contributed by atoms with Gasteiger partial charge in [-0.1, -0.05) is 0 Å². The molecule has 2 rings (SSSR count). The number of aromatic hydroxyl groups is 1. The SMILES string of the molecule is Cc1nn(C)cc1C(=O)Nc1ccc(C(=O)O)cc1O. The van der Waals surface area contributed by atoms with Crippen LogP contribution in [0.25, 0.3) is 0 Å². The summed E-state index contributed by atoms with van der Waals surface area (Å²) in [6, 6.07) is 3.71. The number of aryl methyl sites for hydroxylation is 2. The maximum absolute atomic E-state index is 12.0. The molecule has 1 amide bonds. The van der Waals surface area contributed by atoms with Crippen LogP contribution in [-0.4, -0.2) is 31.9 Å². The van der Waals surface area contributed by atoms with Gasteiger partial charge in [-0.2, -0.15) is 5.10 Å². The number of carbonyl (C=O) groups is 2. The zero-order valence-corrected chi connectivity index (χ0v) is 10.9. The smallest absolute Gasteiger partial charge is 0.335 e. The molecule has 0 aliphatic rings. The summed E-state index contributed by atoms with van der Waals surface area (Å²) in [7, 11) is 1.70. The number of aromatic carboxylic acids is 1. The molecule has 1 aromatic heterocycles. The zero-order valence-electron chi connectivity index (χ0n) is 10.9. The maximum atomic E-state index is 12.0. The molecule has 1 heterocycles. The second kappa shape index (κ2) is 5.04. The summed E-state index contributed by atoms with van der Waals surface area (Å²) < 4.78 is 1.51. The fourth-order valence-electron chi connectivity index (χ4n) is 1.78. The Balaban J connectivity index is 2.24. The highest BCUT2D eigenvalue weighted by atomic mass is 16.4. The maximum Gasteiger partial charge on any atom is 0.335 e. The lowest BCUT2D eigenvalue weighted by Gasteiger charge is -2.07. The lowest BCUT2D eigenvalue weighted by Crippen LogP contribution is -2.12. The molecule has 0 atom stereocenters. The molecule has 7 heteroatoms. The van der Waals surface area contributed by atoms with Crippen molar-refractivity contribution >= 4 is 17.6 Å². The number of carbonyl (C=O) groups excluding carboxylic acids is 1. The quantitative estimate of drug-likeness (QED) is 0.734. The van der Waals surface area contributed by atoms with Gasteiger partial charge in [0.1, 0.15) is 5.75 Å². The molecule has 0 fully saturated rings. The largest absolute Gasteiger partial charge is 0.506 e. The van der Waals surface area contributed by atoms with Gasteiger partial charge in [0.2, 0.25) is 0 Å². The van der Waals surface area contributed by atoms with Crippen molar-refractivity contribution in [2.75, 3.05) is 5.32 Å². The van der Waals surface area contributed by atoms with Crippen molar-refractivity contribution in [3.05, 3.63) is 41.2 Å². The van der Waals surface area contributed by atoms with E-state index in [0.29, 0.717) is 11.3 Å². The lowest BCUT2D eigenvalue weighted by molar-refractivity contribution is 0.0696. The fraction of sp³-hybridized carbons (Fsp3) is 0.154. The van der Waals surface area contributed by atoms with E-state index in [1.807, 2.05) is 0 Å². The Bertz CT molecular complexity index is 691. The number of phenols is 1. The lowest BCUT2D eigenvalue weighted by atomic mass is 10.1. The van der Waals surface area contributed by atoms with Gasteiger partial charge in [0.15, 0.2) is 0 Å². The molecule has 7 nitrogen and oxygen atoms in total. The topological polar surface area (TPSA) is 104 Å². The Kier molecular flexibility index (Phi) is 3.43. The van der Waals surface area contributed by atoms with Crippen LogP contribution in [0, 0.1) is 6.92 Å². The van der Waals surface area contributed by atoms with Gasteiger partial charge >= 0.3 is 5.97 Å². The van der Waals surface area contributed by atoms with Crippen LogP contribution in [0.5, 0.6) is 5.75 Å². The van der Waals surface area contributed by atoms with Crippen molar-refractivity contribution in [2.24, 2.45) is 7.05 Å². The summed E-state index contributed by atoms with van der Waals surface area (Å²) in [5.41, 5.74) is 1.03. The number of benzene rings is 1. The number of phenolic OH excluding ortho intramolecular Hbond substituents is 1. The van der Waals surface area contributed by atoms with Crippen molar-refractivity contribution in [1.82, 2.24) is 9.78 Å². The standard InChI is InChI=1S/C13H13N3O4/c1-7-9(6-16(2)15-7)12(18)14-10-4-3-8(13(19)20)5-11(10)17/h3-6,17H,1-2H3,(H,14,18)(H,19,20). The number of rotatable bonds is 3. The first-order chi connectivity index (χ1) is 9.38. The van der Waals surface area contributed by atoms with E-state index in [-0.39, 0.29) is 17.0 Å². The summed E-state index contributed by atoms with van der Waals surface area (Å²) in [6.45, 7) is 1.70. The molecule has 0 aliphatic carbocycles. The minimum absolute atomic E-state index is 0.0574. The number of carboxylic acids is 1. The van der Waals surface area contributed by atoms with Crippen LogP contribution in [0.1, 0.15) is 26.4 Å². The summed E-state index contributed by atoms with van der Waals surface area (Å²) >= 11 is 0. The summed E-state index contributed by atoms with van der Waals surface area (Å²) in [5, 5.41) is 25.1. The molecule has 20 heavy (non-hydrogen) atoms. The second-order valence-corrected chi connectivity index (χ2v) is 4.29. The van der Waals surface area contributed by atoms with Gasteiger partial charge < -0.3 is 15.5 Å². The third-order valence-electron chi connectivity index (χ3n) is 2.75. The highest BCUT2D eigenvalue weighted by Crippen LogP contribution is 2.25. The summed E-state index contributed by atoms with van der Waals surface area (Å²) in [4.78, 5) is 22.8. The molecule has 3 N–H and O–H groups in total. The van der Waals surface area contributed by atoms with Crippen molar-refractivity contribution in [1.29, 1.82) is 0 Å². The molecule has 0 radical (unpaired) electrons. The van der Waals surface area contributed by atoms with E-state index < -0.39 is 11.9 Å². The third-order valence-corrected chi connectivity index (χ3v) is 2.75. The predicted octanol–water partition coefficient (Wildman–Crippen LogP) is 1.38. The number of aromatic nitrogens is 2. The Morgan fingerprint density at radius 1 is 1.35 bits per heavy atom. The number of amides is 1. The Morgan fingerprint density at radius 2 is 2.05 bits per heavy atom. The molecule has 0 saturated carbocycles. The van der Waals surface area contributed by atoms with E-state index >= 15 is 0 Å². The van der Waals surface area contributed by atoms with Crippen LogP contribution in [0.4, 0.5) is 5.69 Å². The number of nitrogens with one attached hydrogen (secondary N) is 1. The summed E-state index contributed by atoms with van der Waals surface area (Å²) in [6.07, 6.45) is 1.56. The van der Waals surface area contributed by atoms with E-state index in [1.54, 1.807) is 20.2 Å². The van der Waals surface area contributed by atoms with Gasteiger partial charge in [0.05, 0.1) is 22.5 Å². The van der Waals surface area contributed by atoms with Gasteiger partial charge in [-0.15, -0.1) is 0 Å². The molecule has 0 unspecified atom stereocenters. The second-order valence-electron chi connectivity index (χ2n) is 4.29. The Hall–Kier alpha value is -2.83. The van der Waals surface area contributed by atoms with Gasteiger partial charge in [0, 0.05) is 13.2 Å². The molecule has 0 spiro atoms. The molecule has 0 bridgehead atoms. The number of nitrogens with zero attached hydrogens (tertiary/aromatic N) is 2. The molecule has 2 aromatic rings. The minimum Gasteiger partial charge on any atom is -0.506 e. The molecular weight excluding hydrogens is 262 g/mol. The average molecular weight is 275 g/mol. The molecule has 0 saturated heterocycles. The first kappa shape index (κ1) is 13.6. The van der Waals surface area contributed by atoms with E-state index in [0.717, 1.165) is 6.07 Å². The first-order valence-corrected chi connectivity index (χ1v) is 5.76. The fourth-order valence-corrected chi connectivity index (χ4v) is 1.78. The molecular formula is C13H13N3O4. The van der Waals surface area contributed by atoms with Crippen molar-refractivity contribution in [3.63, 3.8) is 0 Å². The highest BCUT2D eigenvalue weighted by Gasteiger charge is 2.15. The van der Waals surface area contributed by atoms with Crippen molar-refractivity contribution < 1.29 is 19.8 Å². The number of hydrogen-bond donors (Lipinski definition) is 3. The van der Waals surface area contributed by atoms with E-state index in [2.05, 4.69) is 10.4 Å². The van der Waals surface area contributed by atoms with E-state index in [1.165, 1.54) is 16.8 Å². The minimum atomic E-state index is -1.15. The Morgan fingerprint density at radius 3 is 2.55 bits per heavy atom. The third kappa shape index (κ3) is 2.61. The van der Waals surface area contributed by atoms with Crippen LogP contribution in [0.2, 0.25) is 0 Å². The first-order valence-electron chi connectivity index (χ1n) is 5.76. The van der Waals surface area contributed by atoms with E-state index in [9.17, 15) is 14.7 Å². The summed E-state index contributed by atoms with van der Waals surface area (Å²) in [5.74, 6) is -1.88. The predicted molar refractivity (Wildman–Crippen MR) is 71.0 cm³/mol. The average Bonchev–Trinajstić information content (AvgIpc) is 2.70. The molecule has 0 aliphatic heterocycles. The highest BCUT2D eigenvalue weighted by molar-refractivity contribution is 6.05. The van der Waals surface area contributed by atoms with Gasteiger partial charge in [-0.3, -0.25) is 9.48 Å². The monoisotopic (exact) mass is 275 g/mol. The van der Waals surface area contributed by atoms with Gasteiger partial charge in [-0.05, 0) is 25.1 Å². The number of carboxylic acid groups (broad SMARTS) is 1. The molecule has 104 valence electrons. The Labute approximate surface area is 114 Å². The van der Waals surface area contributed by atoms with Crippen molar-refractivity contribution in [2.45, 2.75) is 6.92 Å². The molecule has 1 aromatic carbocycles. The van der Waals surface area contributed by atoms with Crippen LogP contribution in [-0.2, 0) is 7.05 Å². The number of hydrogen-bond acceptors (Lipinski definition) is 4. The van der Waals surface area contributed by atoms with Gasteiger partial charge in [-0.25, -0.2) is 4.79 Å².